The molecule has 0 amide bonds. The van der Waals surface area contributed by atoms with E-state index in [0.717, 1.165) is 25.1 Å². The highest BCUT2D eigenvalue weighted by Gasteiger charge is 2.24. The van der Waals surface area contributed by atoms with E-state index in [1.807, 2.05) is 12.3 Å². The zero-order chi connectivity index (χ0) is 13.1. The largest absolute Gasteiger partial charge is 0.381 e. The van der Waals surface area contributed by atoms with Crippen molar-refractivity contribution >= 4 is 5.69 Å². The van der Waals surface area contributed by atoms with Crippen molar-refractivity contribution in [2.75, 3.05) is 11.9 Å². The van der Waals surface area contributed by atoms with Crippen LogP contribution < -0.4 is 10.9 Å². The van der Waals surface area contributed by atoms with Gasteiger partial charge in [0.1, 0.15) is 0 Å². The third kappa shape index (κ3) is 3.13. The monoisotopic (exact) mass is 250 g/mol. The van der Waals surface area contributed by atoms with Gasteiger partial charge in [-0.1, -0.05) is 13.8 Å². The second-order valence-corrected chi connectivity index (χ2v) is 5.39. The van der Waals surface area contributed by atoms with E-state index in [2.05, 4.69) is 19.2 Å². The molecule has 4 nitrogen and oxygen atoms in total. The number of rotatable bonds is 3. The molecule has 1 saturated heterocycles. The van der Waals surface area contributed by atoms with Crippen LogP contribution in [0.4, 0.5) is 5.69 Å². The summed E-state index contributed by atoms with van der Waals surface area (Å²) in [5.74, 6) is 0.551. The van der Waals surface area contributed by atoms with Crippen molar-refractivity contribution in [2.45, 2.75) is 38.8 Å². The average molecular weight is 250 g/mol. The third-order valence-corrected chi connectivity index (χ3v) is 3.52. The fourth-order valence-corrected chi connectivity index (χ4v) is 2.34. The molecule has 1 N–H and O–H groups in total. The summed E-state index contributed by atoms with van der Waals surface area (Å²) in [6.45, 7) is 5.20. The third-order valence-electron chi connectivity index (χ3n) is 3.52. The number of aryl methyl sites for hydroxylation is 1. The molecule has 2 rings (SSSR count). The number of nitrogens with one attached hydrogen (secondary N) is 1. The minimum absolute atomic E-state index is 0.0209. The van der Waals surface area contributed by atoms with Gasteiger partial charge in [-0.15, -0.1) is 0 Å². The number of pyridine rings is 1. The van der Waals surface area contributed by atoms with Crippen LogP contribution >= 0.6 is 0 Å². The topological polar surface area (TPSA) is 43.3 Å². The van der Waals surface area contributed by atoms with E-state index in [9.17, 15) is 4.79 Å². The molecule has 0 aliphatic carbocycles. The van der Waals surface area contributed by atoms with E-state index >= 15 is 0 Å². The summed E-state index contributed by atoms with van der Waals surface area (Å²) in [5.41, 5.74) is 1.03. The lowest BCUT2D eigenvalue weighted by atomic mass is 9.95. The maximum atomic E-state index is 11.3. The summed E-state index contributed by atoms with van der Waals surface area (Å²) in [4.78, 5) is 11.3. The van der Waals surface area contributed by atoms with Crippen molar-refractivity contribution in [1.29, 1.82) is 0 Å². The van der Waals surface area contributed by atoms with Crippen LogP contribution in [-0.4, -0.2) is 23.3 Å². The molecule has 2 atom stereocenters. The zero-order valence-corrected chi connectivity index (χ0v) is 11.3. The molecule has 1 aliphatic rings. The number of hydrogen-bond donors (Lipinski definition) is 1. The lowest BCUT2D eigenvalue weighted by Gasteiger charge is -2.32. The van der Waals surface area contributed by atoms with Crippen LogP contribution in [0.5, 0.6) is 0 Å². The predicted octanol–water partition coefficient (Wildman–Crippen LogP) is 2.00. The van der Waals surface area contributed by atoms with Crippen molar-refractivity contribution in [3.63, 3.8) is 0 Å². The van der Waals surface area contributed by atoms with Gasteiger partial charge >= 0.3 is 0 Å². The average Bonchev–Trinajstić information content (AvgIpc) is 2.34. The van der Waals surface area contributed by atoms with Gasteiger partial charge in [0.05, 0.1) is 11.8 Å². The molecule has 0 spiro atoms. The first-order valence-corrected chi connectivity index (χ1v) is 6.61. The molecule has 2 unspecified atom stereocenters. The van der Waals surface area contributed by atoms with E-state index in [0.29, 0.717) is 18.1 Å². The van der Waals surface area contributed by atoms with Gasteiger partial charge in [-0.2, -0.15) is 0 Å². The molecule has 1 aromatic heterocycles. The van der Waals surface area contributed by atoms with Crippen LogP contribution in [-0.2, 0) is 11.8 Å². The summed E-state index contributed by atoms with van der Waals surface area (Å²) < 4.78 is 7.35. The van der Waals surface area contributed by atoms with Gasteiger partial charge in [-0.25, -0.2) is 0 Å². The minimum atomic E-state index is 0.0209. The second kappa shape index (κ2) is 5.57. The van der Waals surface area contributed by atoms with Crippen molar-refractivity contribution in [3.8, 4) is 0 Å². The van der Waals surface area contributed by atoms with Crippen LogP contribution in [0.1, 0.15) is 26.7 Å². The molecule has 100 valence electrons. The van der Waals surface area contributed by atoms with Crippen LogP contribution in [0.3, 0.4) is 0 Å². The highest BCUT2D eigenvalue weighted by Crippen LogP contribution is 2.22. The smallest absolute Gasteiger partial charge is 0.250 e. The molecule has 0 saturated carbocycles. The molecule has 0 radical (unpaired) electrons. The van der Waals surface area contributed by atoms with E-state index < -0.39 is 0 Å². The fraction of sp³-hybridized carbons (Fsp3) is 0.643. The fourth-order valence-electron chi connectivity index (χ4n) is 2.34. The van der Waals surface area contributed by atoms with Gasteiger partial charge < -0.3 is 14.6 Å². The summed E-state index contributed by atoms with van der Waals surface area (Å²) >= 11 is 0. The molecule has 0 aromatic carbocycles. The highest BCUT2D eigenvalue weighted by molar-refractivity contribution is 5.41. The maximum Gasteiger partial charge on any atom is 0.250 e. The number of anilines is 1. The number of ether oxygens (including phenoxy) is 1. The normalized spacial score (nSPS) is 24.2. The van der Waals surface area contributed by atoms with Crippen LogP contribution in [0.15, 0.2) is 23.1 Å². The Kier molecular flexibility index (Phi) is 4.07. The van der Waals surface area contributed by atoms with Gasteiger partial charge in [0.2, 0.25) is 5.56 Å². The highest BCUT2D eigenvalue weighted by atomic mass is 16.5. The Labute approximate surface area is 108 Å². The van der Waals surface area contributed by atoms with Gasteiger partial charge in [-0.05, 0) is 24.8 Å². The number of nitrogens with zero attached hydrogens (tertiary/aromatic N) is 1. The summed E-state index contributed by atoms with van der Waals surface area (Å²) in [7, 11) is 1.77. The zero-order valence-electron chi connectivity index (χ0n) is 11.3. The van der Waals surface area contributed by atoms with E-state index in [1.165, 1.54) is 0 Å². The van der Waals surface area contributed by atoms with Crippen LogP contribution in [0, 0.1) is 5.92 Å². The quantitative estimate of drug-likeness (QED) is 0.892. The lowest BCUT2D eigenvalue weighted by Crippen LogP contribution is -2.36. The summed E-state index contributed by atoms with van der Waals surface area (Å²) in [5, 5.41) is 3.49. The van der Waals surface area contributed by atoms with Crippen molar-refractivity contribution in [1.82, 2.24) is 4.57 Å². The Hall–Kier alpha value is -1.29. The molecule has 1 aromatic rings. The van der Waals surface area contributed by atoms with Gasteiger partial charge in [-0.3, -0.25) is 4.79 Å². The van der Waals surface area contributed by atoms with Crippen molar-refractivity contribution in [2.24, 2.45) is 13.0 Å². The van der Waals surface area contributed by atoms with Gasteiger partial charge in [0, 0.05) is 32.0 Å². The Morgan fingerprint density at radius 1 is 1.44 bits per heavy atom. The van der Waals surface area contributed by atoms with Gasteiger partial charge in [0.15, 0.2) is 0 Å². The van der Waals surface area contributed by atoms with Crippen LogP contribution in [0.2, 0.25) is 0 Å². The molecular formula is C14H22N2O2. The minimum Gasteiger partial charge on any atom is -0.381 e. The second-order valence-electron chi connectivity index (χ2n) is 5.39. The van der Waals surface area contributed by atoms with Crippen molar-refractivity contribution < 1.29 is 4.74 Å². The Morgan fingerprint density at radius 3 is 2.89 bits per heavy atom. The predicted molar refractivity (Wildman–Crippen MR) is 72.9 cm³/mol. The Bertz CT molecular complexity index is 453. The molecule has 1 fully saturated rings. The molecule has 0 bridgehead atoms. The Balaban J connectivity index is 2.00. The summed E-state index contributed by atoms with van der Waals surface area (Å²) in [6, 6.07) is 3.88. The standard InChI is InChI=1S/C14H22N2O2/c1-10(2)13-8-11(6-7-18-13)15-12-4-5-14(17)16(3)9-12/h4-5,9-11,13,15H,6-8H2,1-3H3. The molecule has 2 heterocycles. The van der Waals surface area contributed by atoms with E-state index in [4.69, 9.17) is 4.74 Å². The van der Waals surface area contributed by atoms with E-state index in [1.54, 1.807) is 17.7 Å². The molecular weight excluding hydrogens is 228 g/mol. The van der Waals surface area contributed by atoms with Crippen LogP contribution in [0.25, 0.3) is 0 Å². The molecule has 4 heteroatoms. The molecule has 1 aliphatic heterocycles. The maximum absolute atomic E-state index is 11.3. The summed E-state index contributed by atoms with van der Waals surface area (Å²) in [6.07, 6.45) is 4.23. The first-order chi connectivity index (χ1) is 8.56. The SMILES string of the molecule is CC(C)C1CC(Nc2ccc(=O)n(C)c2)CCO1. The van der Waals surface area contributed by atoms with E-state index in [-0.39, 0.29) is 5.56 Å². The van der Waals surface area contributed by atoms with Gasteiger partial charge in [0.25, 0.3) is 0 Å². The number of hydrogen-bond acceptors (Lipinski definition) is 3. The first kappa shape index (κ1) is 13.1. The van der Waals surface area contributed by atoms with Crippen molar-refractivity contribution in [3.05, 3.63) is 28.7 Å². The molecule has 18 heavy (non-hydrogen) atoms. The Morgan fingerprint density at radius 2 is 2.22 bits per heavy atom. The first-order valence-electron chi connectivity index (χ1n) is 6.61. The number of aromatic nitrogens is 1. The lowest BCUT2D eigenvalue weighted by molar-refractivity contribution is -0.0160.